The van der Waals surface area contributed by atoms with Gasteiger partial charge in [0.25, 0.3) is 0 Å². The van der Waals surface area contributed by atoms with Crippen molar-refractivity contribution in [2.24, 2.45) is 4.99 Å². The summed E-state index contributed by atoms with van der Waals surface area (Å²) in [5.74, 6) is 0.938. The summed E-state index contributed by atoms with van der Waals surface area (Å²) in [7, 11) is 1.35. The van der Waals surface area contributed by atoms with E-state index in [0.29, 0.717) is 18.3 Å². The van der Waals surface area contributed by atoms with E-state index in [4.69, 9.17) is 14.5 Å². The number of ether oxygens (including phenoxy) is 3. The van der Waals surface area contributed by atoms with Gasteiger partial charge in [0, 0.05) is 31.9 Å². The summed E-state index contributed by atoms with van der Waals surface area (Å²) in [5.41, 5.74) is 1.78. The van der Waals surface area contributed by atoms with Crippen molar-refractivity contribution in [1.29, 1.82) is 0 Å². The van der Waals surface area contributed by atoms with E-state index in [-0.39, 0.29) is 30.1 Å². The first kappa shape index (κ1) is 26.7. The Morgan fingerprint density at radius 2 is 1.94 bits per heavy atom. The Bertz CT molecular complexity index is 702. The quantitative estimate of drug-likeness (QED) is 0.298. The van der Waals surface area contributed by atoms with Crippen molar-refractivity contribution in [3.63, 3.8) is 0 Å². The number of methoxy groups -OCH3 is 1. The number of carbonyl (C=O) groups excluding carboxylic acids is 1. The second kappa shape index (κ2) is 14.5. The number of nitrogens with zero attached hydrogens (tertiary/aromatic N) is 2. The number of hydrogen-bond donors (Lipinski definition) is 2. The van der Waals surface area contributed by atoms with E-state index in [1.165, 1.54) is 20.0 Å². The number of nitrogens with one attached hydrogen (secondary N) is 2. The minimum atomic E-state index is -0.473. The number of benzene rings is 1. The number of hydrogen-bond acceptors (Lipinski definition) is 5. The smallest absolute Gasteiger partial charge is 0.411 e. The molecule has 1 amide bonds. The summed E-state index contributed by atoms with van der Waals surface area (Å²) in [6, 6.07) is 7.64. The van der Waals surface area contributed by atoms with E-state index < -0.39 is 6.09 Å². The zero-order valence-electron chi connectivity index (χ0n) is 19.2. The van der Waals surface area contributed by atoms with Gasteiger partial charge in [0.1, 0.15) is 0 Å². The van der Waals surface area contributed by atoms with Crippen LogP contribution in [0.1, 0.15) is 44.6 Å². The Labute approximate surface area is 208 Å². The molecule has 180 valence electrons. The van der Waals surface area contributed by atoms with Gasteiger partial charge in [-0.25, -0.2) is 9.79 Å². The van der Waals surface area contributed by atoms with Crippen LogP contribution in [0.3, 0.4) is 0 Å². The number of guanidine groups is 1. The van der Waals surface area contributed by atoms with Crippen molar-refractivity contribution < 1.29 is 19.0 Å². The lowest BCUT2D eigenvalue weighted by molar-refractivity contribution is -0.0721. The summed E-state index contributed by atoms with van der Waals surface area (Å²) in [6.07, 6.45) is 5.67. The van der Waals surface area contributed by atoms with Crippen LogP contribution < -0.4 is 10.6 Å². The van der Waals surface area contributed by atoms with Crippen LogP contribution in [-0.2, 0) is 20.8 Å². The molecule has 1 aromatic carbocycles. The van der Waals surface area contributed by atoms with Crippen molar-refractivity contribution >= 4 is 41.7 Å². The highest BCUT2D eigenvalue weighted by atomic mass is 127. The Kier molecular flexibility index (Phi) is 12.1. The van der Waals surface area contributed by atoms with Crippen LogP contribution in [0.5, 0.6) is 0 Å². The number of aliphatic imine (C=N–C) groups is 1. The molecular formula is C23H37IN4O4. The number of anilines is 1. The van der Waals surface area contributed by atoms with Gasteiger partial charge in [0.2, 0.25) is 0 Å². The molecule has 0 saturated carbocycles. The van der Waals surface area contributed by atoms with E-state index in [0.717, 1.165) is 63.6 Å². The normalized spacial score (nSPS) is 19.8. The molecule has 2 saturated heterocycles. The molecule has 32 heavy (non-hydrogen) atoms. The average Bonchev–Trinajstić information content (AvgIpc) is 2.82. The zero-order chi connectivity index (χ0) is 21.9. The number of rotatable bonds is 7. The Morgan fingerprint density at radius 3 is 2.56 bits per heavy atom. The van der Waals surface area contributed by atoms with Crippen molar-refractivity contribution in [3.05, 3.63) is 29.8 Å². The summed E-state index contributed by atoms with van der Waals surface area (Å²) in [6.45, 7) is 6.96. The van der Waals surface area contributed by atoms with Gasteiger partial charge in [-0.15, -0.1) is 24.0 Å². The maximum absolute atomic E-state index is 11.3. The van der Waals surface area contributed by atoms with E-state index in [1.807, 2.05) is 24.3 Å². The molecule has 1 atom stereocenters. The van der Waals surface area contributed by atoms with Crippen molar-refractivity contribution in [1.82, 2.24) is 10.2 Å². The fraction of sp³-hybridized carbons (Fsp3) is 0.652. The van der Waals surface area contributed by atoms with Gasteiger partial charge in [-0.05, 0) is 56.7 Å². The molecule has 2 heterocycles. The number of amides is 1. The van der Waals surface area contributed by atoms with E-state index in [2.05, 4.69) is 27.2 Å². The molecule has 9 heteroatoms. The number of likely N-dealkylation sites (tertiary alicyclic amines) is 1. The van der Waals surface area contributed by atoms with Crippen molar-refractivity contribution in [2.45, 2.75) is 57.8 Å². The zero-order valence-corrected chi connectivity index (χ0v) is 21.5. The first-order valence-electron chi connectivity index (χ1n) is 11.4. The second-order valence-corrected chi connectivity index (χ2v) is 7.99. The van der Waals surface area contributed by atoms with Crippen LogP contribution in [0.15, 0.2) is 29.3 Å². The average molecular weight is 560 g/mol. The number of piperidine rings is 1. The number of halogens is 1. The Morgan fingerprint density at radius 1 is 1.19 bits per heavy atom. The van der Waals surface area contributed by atoms with E-state index in [1.54, 1.807) is 0 Å². The third-order valence-electron chi connectivity index (χ3n) is 5.67. The summed E-state index contributed by atoms with van der Waals surface area (Å²) in [4.78, 5) is 18.4. The molecule has 2 fully saturated rings. The summed E-state index contributed by atoms with van der Waals surface area (Å²) >= 11 is 0. The molecule has 1 unspecified atom stereocenters. The molecule has 2 aliphatic heterocycles. The topological polar surface area (TPSA) is 84.4 Å². The monoisotopic (exact) mass is 560 g/mol. The molecule has 0 aliphatic carbocycles. The lowest BCUT2D eigenvalue weighted by Gasteiger charge is -2.35. The first-order chi connectivity index (χ1) is 15.2. The van der Waals surface area contributed by atoms with E-state index in [9.17, 15) is 4.79 Å². The molecule has 8 nitrogen and oxygen atoms in total. The van der Waals surface area contributed by atoms with Gasteiger partial charge in [-0.3, -0.25) is 5.32 Å². The third-order valence-corrected chi connectivity index (χ3v) is 5.67. The fourth-order valence-electron chi connectivity index (χ4n) is 3.87. The van der Waals surface area contributed by atoms with Gasteiger partial charge in [-0.1, -0.05) is 12.1 Å². The second-order valence-electron chi connectivity index (χ2n) is 7.99. The van der Waals surface area contributed by atoms with Gasteiger partial charge in [0.15, 0.2) is 5.96 Å². The standard InChI is InChI=1S/C23H36N4O4.HI/c1-3-24-22(25-16-18-7-9-19(10-8-18)26-23(28)29-2)27-13-11-20(12-14-27)31-17-21-6-4-5-15-30-21;/h7-10,20-21H,3-6,11-17H2,1-2H3,(H,24,25)(H,26,28);1H. The highest BCUT2D eigenvalue weighted by Crippen LogP contribution is 2.18. The van der Waals surface area contributed by atoms with Gasteiger partial charge >= 0.3 is 6.09 Å². The predicted octanol–water partition coefficient (Wildman–Crippen LogP) is 4.00. The maximum Gasteiger partial charge on any atom is 0.411 e. The Balaban J connectivity index is 0.00000363. The van der Waals surface area contributed by atoms with Crippen molar-refractivity contribution in [2.75, 3.05) is 45.3 Å². The van der Waals surface area contributed by atoms with Crippen LogP contribution in [-0.4, -0.2) is 69.1 Å². The lowest BCUT2D eigenvalue weighted by atomic mass is 10.1. The Hall–Kier alpha value is -1.59. The van der Waals surface area contributed by atoms with Crippen molar-refractivity contribution in [3.8, 4) is 0 Å². The molecule has 3 rings (SSSR count). The molecule has 2 N–H and O–H groups in total. The molecule has 2 aliphatic rings. The molecule has 0 aromatic heterocycles. The van der Waals surface area contributed by atoms with Crippen LogP contribution in [0.2, 0.25) is 0 Å². The molecule has 0 spiro atoms. The minimum Gasteiger partial charge on any atom is -0.453 e. The molecular weight excluding hydrogens is 523 g/mol. The van der Waals surface area contributed by atoms with Gasteiger partial charge in [-0.2, -0.15) is 0 Å². The first-order valence-corrected chi connectivity index (χ1v) is 11.4. The lowest BCUT2D eigenvalue weighted by Crippen LogP contribution is -2.47. The minimum absolute atomic E-state index is 0. The molecule has 0 radical (unpaired) electrons. The largest absolute Gasteiger partial charge is 0.453 e. The highest BCUT2D eigenvalue weighted by molar-refractivity contribution is 14.0. The number of carbonyl (C=O) groups is 1. The maximum atomic E-state index is 11.3. The van der Waals surface area contributed by atoms with Crippen LogP contribution >= 0.6 is 24.0 Å². The van der Waals surface area contributed by atoms with Gasteiger partial charge < -0.3 is 24.4 Å². The third kappa shape index (κ3) is 8.74. The SMILES string of the molecule is CCNC(=NCc1ccc(NC(=O)OC)cc1)N1CCC(OCC2CCCCO2)CC1.I. The van der Waals surface area contributed by atoms with Gasteiger partial charge in [0.05, 0.1) is 32.5 Å². The molecule has 1 aromatic rings. The van der Waals surface area contributed by atoms with E-state index >= 15 is 0 Å². The summed E-state index contributed by atoms with van der Waals surface area (Å²) in [5, 5.41) is 6.06. The molecule has 0 bridgehead atoms. The fourth-order valence-corrected chi connectivity index (χ4v) is 3.87. The van der Waals surface area contributed by atoms with Crippen LogP contribution in [0.25, 0.3) is 0 Å². The predicted molar refractivity (Wildman–Crippen MR) is 137 cm³/mol. The van der Waals surface area contributed by atoms with Crippen LogP contribution in [0.4, 0.5) is 10.5 Å². The highest BCUT2D eigenvalue weighted by Gasteiger charge is 2.23. The van der Waals surface area contributed by atoms with Crippen LogP contribution in [0, 0.1) is 0 Å². The summed E-state index contributed by atoms with van der Waals surface area (Å²) < 4.78 is 16.5.